The number of aryl methyl sites for hydroxylation is 1. The van der Waals surface area contributed by atoms with Crippen LogP contribution in [-0.2, 0) is 25.7 Å². The van der Waals surface area contributed by atoms with E-state index in [1.54, 1.807) is 37.3 Å². The first-order valence-electron chi connectivity index (χ1n) is 10.7. The Morgan fingerprint density at radius 1 is 1.06 bits per heavy atom. The molecule has 2 aromatic carbocycles. The second kappa shape index (κ2) is 10.4. The summed E-state index contributed by atoms with van der Waals surface area (Å²) < 4.78 is 15.4. The number of anilines is 1. The zero-order chi connectivity index (χ0) is 24.1. The molecule has 176 valence electrons. The van der Waals surface area contributed by atoms with Gasteiger partial charge in [0.05, 0.1) is 27.2 Å². The van der Waals surface area contributed by atoms with Crippen LogP contribution >= 0.6 is 0 Å². The van der Waals surface area contributed by atoms with Crippen molar-refractivity contribution in [3.8, 4) is 11.5 Å². The minimum absolute atomic E-state index is 0.0886. The second-order valence-electron chi connectivity index (χ2n) is 8.12. The average Bonchev–Trinajstić information content (AvgIpc) is 3.20. The zero-order valence-corrected chi connectivity index (χ0v) is 19.7. The number of carbonyl (C=O) groups excluding carboxylic acids is 3. The van der Waals surface area contributed by atoms with Crippen molar-refractivity contribution in [2.24, 2.45) is 5.92 Å². The van der Waals surface area contributed by atoms with E-state index in [2.05, 4.69) is 0 Å². The van der Waals surface area contributed by atoms with Gasteiger partial charge >= 0.3 is 5.97 Å². The fourth-order valence-electron chi connectivity index (χ4n) is 4.00. The molecule has 1 aliphatic rings. The molecule has 0 aliphatic carbocycles. The number of hydrogen-bond acceptors (Lipinski definition) is 6. The fraction of sp³-hybridized carbons (Fsp3) is 0.400. The van der Waals surface area contributed by atoms with E-state index >= 15 is 0 Å². The Labute approximate surface area is 194 Å². The van der Waals surface area contributed by atoms with Crippen molar-refractivity contribution >= 4 is 23.5 Å². The lowest BCUT2D eigenvalue weighted by Gasteiger charge is -2.25. The Morgan fingerprint density at radius 2 is 1.73 bits per heavy atom. The van der Waals surface area contributed by atoms with Gasteiger partial charge in [-0.05, 0) is 48.7 Å². The third kappa shape index (κ3) is 5.45. The first kappa shape index (κ1) is 24.1. The first-order valence-corrected chi connectivity index (χ1v) is 10.7. The zero-order valence-electron chi connectivity index (χ0n) is 19.7. The van der Waals surface area contributed by atoms with Crippen LogP contribution in [0.1, 0.15) is 23.1 Å². The SMILES string of the molecule is COC(=O)CN(Cc1cc(OC)cc(OC)c1)C(=O)C1CC(=O)N(c2cccc(C)c2C)C1. The lowest BCUT2D eigenvalue weighted by atomic mass is 10.1. The molecule has 1 fully saturated rings. The van der Waals surface area contributed by atoms with E-state index in [0.29, 0.717) is 11.5 Å². The lowest BCUT2D eigenvalue weighted by molar-refractivity contribution is -0.148. The monoisotopic (exact) mass is 454 g/mol. The summed E-state index contributed by atoms with van der Waals surface area (Å²) >= 11 is 0. The molecule has 0 spiro atoms. The average molecular weight is 455 g/mol. The molecule has 1 aliphatic heterocycles. The van der Waals surface area contributed by atoms with E-state index in [4.69, 9.17) is 14.2 Å². The number of amides is 2. The molecule has 8 heteroatoms. The van der Waals surface area contributed by atoms with Gasteiger partial charge in [0.2, 0.25) is 11.8 Å². The van der Waals surface area contributed by atoms with Crippen LogP contribution in [0.25, 0.3) is 0 Å². The summed E-state index contributed by atoms with van der Waals surface area (Å²) in [6, 6.07) is 11.1. The van der Waals surface area contributed by atoms with Crippen molar-refractivity contribution in [2.45, 2.75) is 26.8 Å². The maximum Gasteiger partial charge on any atom is 0.325 e. The molecule has 2 amide bonds. The van der Waals surface area contributed by atoms with E-state index in [1.807, 2.05) is 32.0 Å². The Hall–Kier alpha value is -3.55. The first-order chi connectivity index (χ1) is 15.8. The van der Waals surface area contributed by atoms with Gasteiger partial charge in [-0.1, -0.05) is 12.1 Å². The van der Waals surface area contributed by atoms with Gasteiger partial charge in [0.25, 0.3) is 0 Å². The summed E-state index contributed by atoms with van der Waals surface area (Å²) in [4.78, 5) is 41.4. The number of rotatable bonds is 8. The van der Waals surface area contributed by atoms with E-state index in [-0.39, 0.29) is 37.9 Å². The Bertz CT molecular complexity index is 1030. The summed E-state index contributed by atoms with van der Waals surface area (Å²) in [5.41, 5.74) is 3.63. The molecule has 3 rings (SSSR count). The van der Waals surface area contributed by atoms with Gasteiger partial charge in [-0.25, -0.2) is 0 Å². The predicted molar refractivity (Wildman–Crippen MR) is 123 cm³/mol. The summed E-state index contributed by atoms with van der Waals surface area (Å²) in [6.45, 7) is 4.15. The van der Waals surface area contributed by atoms with Crippen LogP contribution in [0, 0.1) is 19.8 Å². The molecule has 2 aromatic rings. The van der Waals surface area contributed by atoms with Gasteiger partial charge in [0.15, 0.2) is 0 Å². The van der Waals surface area contributed by atoms with Crippen LogP contribution in [0.2, 0.25) is 0 Å². The van der Waals surface area contributed by atoms with Crippen molar-refractivity contribution < 1.29 is 28.6 Å². The highest BCUT2D eigenvalue weighted by Gasteiger charge is 2.38. The van der Waals surface area contributed by atoms with Crippen LogP contribution in [0.4, 0.5) is 5.69 Å². The number of nitrogens with zero attached hydrogens (tertiary/aromatic N) is 2. The van der Waals surface area contributed by atoms with Crippen LogP contribution in [0.5, 0.6) is 11.5 Å². The number of carbonyl (C=O) groups is 3. The van der Waals surface area contributed by atoms with Crippen molar-refractivity contribution in [1.82, 2.24) is 4.90 Å². The summed E-state index contributed by atoms with van der Waals surface area (Å²) in [7, 11) is 4.37. The number of esters is 1. The van der Waals surface area contributed by atoms with Crippen LogP contribution in [0.15, 0.2) is 36.4 Å². The molecule has 8 nitrogen and oxygen atoms in total. The number of benzene rings is 2. The summed E-state index contributed by atoms with van der Waals surface area (Å²) in [5.74, 6) is -0.325. The van der Waals surface area contributed by atoms with Crippen molar-refractivity contribution in [3.05, 3.63) is 53.1 Å². The van der Waals surface area contributed by atoms with E-state index in [1.165, 1.54) is 12.0 Å². The van der Waals surface area contributed by atoms with Crippen LogP contribution in [-0.4, -0.2) is 57.1 Å². The topological polar surface area (TPSA) is 85.4 Å². The van der Waals surface area contributed by atoms with E-state index in [0.717, 1.165) is 22.4 Å². The molecule has 1 atom stereocenters. The molecule has 1 saturated heterocycles. The minimum atomic E-state index is -0.561. The summed E-state index contributed by atoms with van der Waals surface area (Å²) in [6.07, 6.45) is 0.0886. The van der Waals surface area contributed by atoms with Crippen LogP contribution < -0.4 is 14.4 Å². The van der Waals surface area contributed by atoms with Crippen molar-refractivity contribution in [3.63, 3.8) is 0 Å². The van der Waals surface area contributed by atoms with Gasteiger partial charge in [0.1, 0.15) is 18.0 Å². The van der Waals surface area contributed by atoms with E-state index < -0.39 is 11.9 Å². The lowest BCUT2D eigenvalue weighted by Crippen LogP contribution is -2.40. The fourth-order valence-corrected chi connectivity index (χ4v) is 4.00. The normalized spacial score (nSPS) is 15.4. The molecule has 0 aromatic heterocycles. The number of hydrogen-bond donors (Lipinski definition) is 0. The molecular formula is C25H30N2O6. The van der Waals surface area contributed by atoms with Gasteiger partial charge in [0, 0.05) is 31.3 Å². The van der Waals surface area contributed by atoms with Crippen molar-refractivity contribution in [1.29, 1.82) is 0 Å². The van der Waals surface area contributed by atoms with E-state index in [9.17, 15) is 14.4 Å². The second-order valence-corrected chi connectivity index (χ2v) is 8.12. The molecule has 0 saturated carbocycles. The van der Waals surface area contributed by atoms with Crippen LogP contribution in [0.3, 0.4) is 0 Å². The Balaban J connectivity index is 1.84. The molecule has 33 heavy (non-hydrogen) atoms. The summed E-state index contributed by atoms with van der Waals surface area (Å²) in [5, 5.41) is 0. The Kier molecular flexibility index (Phi) is 7.58. The highest BCUT2D eigenvalue weighted by atomic mass is 16.5. The quantitative estimate of drug-likeness (QED) is 0.570. The molecule has 0 radical (unpaired) electrons. The maximum absolute atomic E-state index is 13.5. The van der Waals surface area contributed by atoms with Crippen molar-refractivity contribution in [2.75, 3.05) is 39.3 Å². The Morgan fingerprint density at radius 3 is 2.33 bits per heavy atom. The van der Waals surface area contributed by atoms with Gasteiger partial charge < -0.3 is 24.0 Å². The third-order valence-electron chi connectivity index (χ3n) is 5.99. The predicted octanol–water partition coefficient (Wildman–Crippen LogP) is 2.88. The number of methoxy groups -OCH3 is 3. The molecule has 1 unspecified atom stereocenters. The highest BCUT2D eigenvalue weighted by molar-refractivity contribution is 6.01. The third-order valence-corrected chi connectivity index (χ3v) is 5.99. The number of ether oxygens (including phenoxy) is 3. The molecule has 1 heterocycles. The standard InChI is InChI=1S/C25H30N2O6/c1-16-7-6-8-22(17(16)2)27-14-19(11-23(27)28)25(30)26(15-24(29)33-5)13-18-9-20(31-3)12-21(10-18)32-4/h6-10,12,19H,11,13-15H2,1-5H3. The van der Waals surface area contributed by atoms with Gasteiger partial charge in [-0.15, -0.1) is 0 Å². The molecule has 0 bridgehead atoms. The minimum Gasteiger partial charge on any atom is -0.497 e. The highest BCUT2D eigenvalue weighted by Crippen LogP contribution is 2.31. The molecule has 0 N–H and O–H groups in total. The van der Waals surface area contributed by atoms with Gasteiger partial charge in [-0.2, -0.15) is 0 Å². The molecular weight excluding hydrogens is 424 g/mol. The van der Waals surface area contributed by atoms with Gasteiger partial charge in [-0.3, -0.25) is 14.4 Å². The smallest absolute Gasteiger partial charge is 0.325 e. The maximum atomic E-state index is 13.5. The largest absolute Gasteiger partial charge is 0.497 e.